The first-order chi connectivity index (χ1) is 18.6. The summed E-state index contributed by atoms with van der Waals surface area (Å²) < 4.78 is 81.9. The maximum Gasteiger partial charge on any atom is 0.417 e. The predicted molar refractivity (Wildman–Crippen MR) is 128 cm³/mol. The van der Waals surface area contributed by atoms with Crippen LogP contribution in [0.1, 0.15) is 61.7 Å². The van der Waals surface area contributed by atoms with Crippen molar-refractivity contribution in [1.82, 2.24) is 24.6 Å². The first kappa shape index (κ1) is 26.5. The maximum absolute atomic E-state index is 13.4. The lowest BCUT2D eigenvalue weighted by atomic mass is 9.57. The predicted octanol–water partition coefficient (Wildman–Crippen LogP) is 4.74. The lowest BCUT2D eigenvalue weighted by Crippen LogP contribution is -2.65. The van der Waals surface area contributed by atoms with Gasteiger partial charge in [0, 0.05) is 54.9 Å². The summed E-state index contributed by atoms with van der Waals surface area (Å²) in [5.74, 6) is 0.408. The van der Waals surface area contributed by atoms with Crippen molar-refractivity contribution >= 4 is 17.5 Å². The molecule has 2 aliphatic heterocycles. The Labute approximate surface area is 230 Å². The standard InChI is InChI=1S/C26H26ClF6N5O2/c27-16-1-2-18-14(5-16)10-36(17-8-24(40,9-17)26(31,32)33)11-19-34-35-20(38(18)19)15-6-22(7-15)12-37(13-22)21(39)23(3-4-23)25(28,29)30/h1-2,5,15,17,40H,3-4,6-13H2. The van der Waals surface area contributed by atoms with Crippen LogP contribution < -0.4 is 0 Å². The molecule has 1 amide bonds. The number of likely N-dealkylation sites (tertiary alicyclic amines) is 1. The van der Waals surface area contributed by atoms with Crippen LogP contribution in [-0.4, -0.2) is 72.7 Å². The topological polar surface area (TPSA) is 74.5 Å². The molecule has 0 radical (unpaired) electrons. The van der Waals surface area contributed by atoms with Crippen molar-refractivity contribution in [2.75, 3.05) is 13.1 Å². The van der Waals surface area contributed by atoms with Crippen LogP contribution in [0.25, 0.3) is 5.69 Å². The fraction of sp³-hybridized carbons (Fsp3) is 0.654. The Hall–Kier alpha value is -2.38. The van der Waals surface area contributed by atoms with Gasteiger partial charge in [-0.1, -0.05) is 11.6 Å². The zero-order valence-corrected chi connectivity index (χ0v) is 22.0. The summed E-state index contributed by atoms with van der Waals surface area (Å²) in [6, 6.07) is 4.82. The number of benzene rings is 1. The molecular formula is C26H26ClF6N5O2. The number of aromatic nitrogens is 3. The number of halogens is 7. The Morgan fingerprint density at radius 1 is 0.975 bits per heavy atom. The molecule has 3 saturated carbocycles. The van der Waals surface area contributed by atoms with E-state index in [0.29, 0.717) is 49.1 Å². The van der Waals surface area contributed by atoms with Crippen LogP contribution in [0.3, 0.4) is 0 Å². The van der Waals surface area contributed by atoms with Gasteiger partial charge in [0.25, 0.3) is 0 Å². The molecule has 7 nitrogen and oxygen atoms in total. The van der Waals surface area contributed by atoms with Crippen molar-refractivity contribution in [2.45, 2.75) is 81.5 Å². The first-order valence-corrected chi connectivity index (χ1v) is 13.6. The molecule has 7 rings (SSSR count). The number of alkyl halides is 6. The summed E-state index contributed by atoms with van der Waals surface area (Å²) in [7, 11) is 0. The number of fused-ring (bicyclic) bond motifs is 3. The molecule has 5 aliphatic rings. The smallest absolute Gasteiger partial charge is 0.380 e. The molecule has 1 aromatic carbocycles. The molecule has 1 saturated heterocycles. The molecule has 14 heteroatoms. The highest BCUT2D eigenvalue weighted by molar-refractivity contribution is 6.30. The minimum absolute atomic E-state index is 0.0231. The second kappa shape index (κ2) is 8.13. The Bertz CT molecular complexity index is 1380. The summed E-state index contributed by atoms with van der Waals surface area (Å²) >= 11 is 6.27. The summed E-state index contributed by atoms with van der Waals surface area (Å²) in [6.45, 7) is 1.15. The van der Waals surface area contributed by atoms with Crippen molar-refractivity contribution < 1.29 is 36.2 Å². The number of hydrogen-bond acceptors (Lipinski definition) is 5. The van der Waals surface area contributed by atoms with E-state index in [1.165, 1.54) is 4.90 Å². The molecule has 40 heavy (non-hydrogen) atoms. The third-order valence-electron chi connectivity index (χ3n) is 9.71. The third kappa shape index (κ3) is 3.76. The number of carbonyl (C=O) groups excluding carboxylic acids is 1. The minimum Gasteiger partial charge on any atom is -0.380 e. The fourth-order valence-corrected chi connectivity index (χ4v) is 7.36. The summed E-state index contributed by atoms with van der Waals surface area (Å²) in [4.78, 5) is 15.8. The number of rotatable bonds is 3. The van der Waals surface area contributed by atoms with Gasteiger partial charge in [-0.3, -0.25) is 14.3 Å². The molecule has 0 atom stereocenters. The summed E-state index contributed by atoms with van der Waals surface area (Å²) in [5.41, 5.74) is -3.56. The van der Waals surface area contributed by atoms with Gasteiger partial charge in [0.15, 0.2) is 11.4 Å². The highest BCUT2D eigenvalue weighted by atomic mass is 35.5. The highest BCUT2D eigenvalue weighted by Crippen LogP contribution is 2.62. The van der Waals surface area contributed by atoms with Crippen molar-refractivity contribution in [3.63, 3.8) is 0 Å². The van der Waals surface area contributed by atoms with E-state index in [-0.39, 0.29) is 30.7 Å². The number of aliphatic hydroxyl groups is 1. The lowest BCUT2D eigenvalue weighted by Gasteiger charge is -2.59. The second-order valence-electron chi connectivity index (χ2n) is 12.4. The molecule has 1 aromatic heterocycles. The van der Waals surface area contributed by atoms with Gasteiger partial charge in [-0.05, 0) is 49.4 Å². The van der Waals surface area contributed by atoms with Crippen LogP contribution in [-0.2, 0) is 17.9 Å². The van der Waals surface area contributed by atoms with E-state index < -0.39 is 48.2 Å². The van der Waals surface area contributed by atoms with Gasteiger partial charge in [-0.25, -0.2) is 0 Å². The minimum atomic E-state index is -4.70. The molecule has 3 aliphatic carbocycles. The molecule has 1 N–H and O–H groups in total. The first-order valence-electron chi connectivity index (χ1n) is 13.3. The molecule has 216 valence electrons. The average molecular weight is 590 g/mol. The SMILES string of the molecule is O=C(N1CC2(CC(c3nnc4n3-c3ccc(Cl)cc3CN(C3CC(O)(C(F)(F)F)C3)C4)C2)C1)C1(C(F)(F)F)CC1. The molecule has 0 unspecified atom stereocenters. The lowest BCUT2D eigenvalue weighted by molar-refractivity contribution is -0.300. The van der Waals surface area contributed by atoms with E-state index in [1.54, 1.807) is 12.1 Å². The van der Waals surface area contributed by atoms with Gasteiger partial charge >= 0.3 is 12.4 Å². The maximum atomic E-state index is 13.4. The second-order valence-corrected chi connectivity index (χ2v) is 12.9. The monoisotopic (exact) mass is 589 g/mol. The molecular weight excluding hydrogens is 564 g/mol. The van der Waals surface area contributed by atoms with E-state index in [9.17, 15) is 36.2 Å². The van der Waals surface area contributed by atoms with Crippen LogP contribution in [0.15, 0.2) is 18.2 Å². The number of nitrogens with zero attached hydrogens (tertiary/aromatic N) is 5. The quantitative estimate of drug-likeness (QED) is 0.524. The van der Waals surface area contributed by atoms with E-state index >= 15 is 0 Å². The van der Waals surface area contributed by atoms with Gasteiger partial charge in [-0.2, -0.15) is 26.3 Å². The van der Waals surface area contributed by atoms with E-state index in [2.05, 4.69) is 10.2 Å². The molecule has 4 fully saturated rings. The zero-order valence-electron chi connectivity index (χ0n) is 21.2. The van der Waals surface area contributed by atoms with Crippen molar-refractivity contribution in [1.29, 1.82) is 0 Å². The van der Waals surface area contributed by atoms with Gasteiger partial charge < -0.3 is 10.0 Å². The van der Waals surface area contributed by atoms with Crippen molar-refractivity contribution in [3.05, 3.63) is 40.4 Å². The third-order valence-corrected chi connectivity index (χ3v) is 9.95. The van der Waals surface area contributed by atoms with Gasteiger partial charge in [0.05, 0.1) is 12.2 Å². The van der Waals surface area contributed by atoms with Gasteiger partial charge in [0.1, 0.15) is 11.2 Å². The van der Waals surface area contributed by atoms with Crippen LogP contribution in [0.5, 0.6) is 0 Å². The number of hydrogen-bond donors (Lipinski definition) is 1. The number of carbonyl (C=O) groups is 1. The van der Waals surface area contributed by atoms with Crippen molar-refractivity contribution in [2.24, 2.45) is 10.8 Å². The normalized spacial score (nSPS) is 29.1. The molecule has 2 aromatic rings. The fourth-order valence-electron chi connectivity index (χ4n) is 7.16. The summed E-state index contributed by atoms with van der Waals surface area (Å²) in [6.07, 6.45) is -9.06. The Kier molecular flexibility index (Phi) is 5.39. The Balaban J connectivity index is 1.09. The zero-order chi connectivity index (χ0) is 28.5. The highest BCUT2D eigenvalue weighted by Gasteiger charge is 2.71. The van der Waals surface area contributed by atoms with Crippen LogP contribution in [0.2, 0.25) is 5.02 Å². The van der Waals surface area contributed by atoms with Crippen LogP contribution >= 0.6 is 11.6 Å². The Morgan fingerprint density at radius 3 is 2.25 bits per heavy atom. The van der Waals surface area contributed by atoms with Crippen molar-refractivity contribution in [3.8, 4) is 5.69 Å². The summed E-state index contributed by atoms with van der Waals surface area (Å²) in [5, 5.41) is 19.3. The molecule has 0 bridgehead atoms. The molecule has 3 heterocycles. The Morgan fingerprint density at radius 2 is 1.65 bits per heavy atom. The largest absolute Gasteiger partial charge is 0.417 e. The van der Waals surface area contributed by atoms with Crippen LogP contribution in [0.4, 0.5) is 26.3 Å². The van der Waals surface area contributed by atoms with E-state index in [1.807, 2.05) is 15.5 Å². The van der Waals surface area contributed by atoms with Crippen LogP contribution in [0, 0.1) is 10.8 Å². The van der Waals surface area contributed by atoms with E-state index in [4.69, 9.17) is 11.6 Å². The molecule has 1 spiro atoms. The average Bonchev–Trinajstić information content (AvgIpc) is 3.54. The number of amides is 1. The van der Waals surface area contributed by atoms with Gasteiger partial charge in [0.2, 0.25) is 5.91 Å². The van der Waals surface area contributed by atoms with Gasteiger partial charge in [-0.15, -0.1) is 10.2 Å². The van der Waals surface area contributed by atoms with E-state index in [0.717, 1.165) is 11.3 Å².